The average Bonchev–Trinajstić information content (AvgIpc) is 2.42. The van der Waals surface area contributed by atoms with Crippen molar-refractivity contribution in [1.29, 1.82) is 0 Å². The first-order valence-corrected chi connectivity index (χ1v) is 6.50. The van der Waals surface area contributed by atoms with Crippen LogP contribution in [0.15, 0.2) is 34.9 Å². The fourth-order valence-corrected chi connectivity index (χ4v) is 1.98. The average molecular weight is 339 g/mol. The van der Waals surface area contributed by atoms with Crippen LogP contribution in [0.25, 0.3) is 0 Å². The van der Waals surface area contributed by atoms with Crippen molar-refractivity contribution in [3.8, 4) is 0 Å². The number of aryl methyl sites for hydroxylation is 1. The smallest absolute Gasteiger partial charge is 0.259 e. The topological polar surface area (TPSA) is 80.0 Å². The number of hydrogen-bond donors (Lipinski definition) is 3. The van der Waals surface area contributed by atoms with E-state index in [1.54, 1.807) is 19.1 Å². The molecule has 1 aromatic carbocycles. The minimum atomic E-state index is -0.430. The highest BCUT2D eigenvalue weighted by Gasteiger charge is 2.14. The van der Waals surface area contributed by atoms with Crippen LogP contribution in [-0.4, -0.2) is 10.9 Å². The van der Waals surface area contributed by atoms with E-state index in [-0.39, 0.29) is 11.4 Å². The van der Waals surface area contributed by atoms with E-state index in [0.29, 0.717) is 10.2 Å². The number of hydrazine groups is 1. The van der Waals surface area contributed by atoms with Gasteiger partial charge < -0.3 is 10.7 Å². The van der Waals surface area contributed by atoms with Crippen LogP contribution in [-0.2, 0) is 0 Å². The standard InChI is InChI=1S/C13H12BrFN4O/c1-7-2-3-9(15)5-11(7)18-13(20)10-4-8(14)6-17-12(10)19-16/h2-6H,16H2,1H3,(H,17,19)(H,18,20). The third-order valence-corrected chi connectivity index (χ3v) is 3.12. The second-order valence-electron chi connectivity index (χ2n) is 4.11. The van der Waals surface area contributed by atoms with Gasteiger partial charge in [0.2, 0.25) is 0 Å². The second-order valence-corrected chi connectivity index (χ2v) is 5.02. The first kappa shape index (κ1) is 14.4. The zero-order valence-electron chi connectivity index (χ0n) is 10.6. The number of carbonyl (C=O) groups excluding carboxylic acids is 1. The molecule has 1 aromatic heterocycles. The van der Waals surface area contributed by atoms with E-state index >= 15 is 0 Å². The molecule has 4 N–H and O–H groups in total. The van der Waals surface area contributed by atoms with E-state index in [0.717, 1.165) is 5.56 Å². The molecular formula is C13H12BrFN4O. The van der Waals surface area contributed by atoms with Crippen molar-refractivity contribution in [2.45, 2.75) is 6.92 Å². The number of hydrogen-bond acceptors (Lipinski definition) is 4. The SMILES string of the molecule is Cc1ccc(F)cc1NC(=O)c1cc(Br)cnc1NN. The summed E-state index contributed by atoms with van der Waals surface area (Å²) in [5, 5.41) is 2.63. The molecule has 0 spiro atoms. The zero-order chi connectivity index (χ0) is 14.7. The number of anilines is 2. The van der Waals surface area contributed by atoms with E-state index in [1.165, 1.54) is 18.3 Å². The van der Waals surface area contributed by atoms with Crippen LogP contribution in [0.1, 0.15) is 15.9 Å². The number of amides is 1. The predicted molar refractivity (Wildman–Crippen MR) is 78.8 cm³/mol. The molecule has 0 saturated carbocycles. The maximum Gasteiger partial charge on any atom is 0.259 e. The van der Waals surface area contributed by atoms with Crippen LogP contribution in [0.3, 0.4) is 0 Å². The molecule has 2 aromatic rings. The Kier molecular flexibility index (Phi) is 4.31. The molecule has 0 unspecified atom stereocenters. The van der Waals surface area contributed by atoms with Crippen LogP contribution in [0.5, 0.6) is 0 Å². The fourth-order valence-electron chi connectivity index (χ4n) is 1.65. The minimum Gasteiger partial charge on any atom is -0.322 e. The molecule has 104 valence electrons. The molecule has 0 aliphatic carbocycles. The molecule has 5 nitrogen and oxygen atoms in total. The lowest BCUT2D eigenvalue weighted by Crippen LogP contribution is -2.19. The van der Waals surface area contributed by atoms with E-state index in [4.69, 9.17) is 5.84 Å². The summed E-state index contributed by atoms with van der Waals surface area (Å²) in [6.45, 7) is 1.77. The number of rotatable bonds is 3. The van der Waals surface area contributed by atoms with Gasteiger partial charge in [0, 0.05) is 16.4 Å². The van der Waals surface area contributed by atoms with Crippen molar-refractivity contribution in [2.24, 2.45) is 5.84 Å². The van der Waals surface area contributed by atoms with E-state index in [2.05, 4.69) is 31.7 Å². The summed E-state index contributed by atoms with van der Waals surface area (Å²) in [7, 11) is 0. The number of nitrogens with one attached hydrogen (secondary N) is 2. The van der Waals surface area contributed by atoms with Crippen molar-refractivity contribution in [3.63, 3.8) is 0 Å². The summed E-state index contributed by atoms with van der Waals surface area (Å²) in [5.41, 5.74) is 3.76. The highest BCUT2D eigenvalue weighted by Crippen LogP contribution is 2.21. The van der Waals surface area contributed by atoms with Crippen molar-refractivity contribution in [1.82, 2.24) is 4.98 Å². The van der Waals surface area contributed by atoms with Crippen molar-refractivity contribution < 1.29 is 9.18 Å². The van der Waals surface area contributed by atoms with Crippen LogP contribution >= 0.6 is 15.9 Å². The Morgan fingerprint density at radius 1 is 1.40 bits per heavy atom. The summed E-state index contributed by atoms with van der Waals surface area (Å²) in [4.78, 5) is 16.2. The molecule has 20 heavy (non-hydrogen) atoms. The first-order valence-electron chi connectivity index (χ1n) is 5.71. The van der Waals surface area contributed by atoms with Gasteiger partial charge in [0.25, 0.3) is 5.91 Å². The van der Waals surface area contributed by atoms with Crippen molar-refractivity contribution >= 4 is 33.3 Å². The van der Waals surface area contributed by atoms with E-state index in [9.17, 15) is 9.18 Å². The number of nitrogens with two attached hydrogens (primary N) is 1. The van der Waals surface area contributed by atoms with E-state index < -0.39 is 11.7 Å². The van der Waals surface area contributed by atoms with Gasteiger partial charge in [-0.05, 0) is 46.6 Å². The third kappa shape index (κ3) is 3.12. The molecule has 0 radical (unpaired) electrons. The van der Waals surface area contributed by atoms with Gasteiger partial charge in [0.05, 0.1) is 5.56 Å². The summed E-state index contributed by atoms with van der Waals surface area (Å²) in [5.74, 6) is 4.70. The number of pyridine rings is 1. The highest BCUT2D eigenvalue weighted by molar-refractivity contribution is 9.10. The molecule has 0 aliphatic heterocycles. The molecule has 0 aliphatic rings. The molecular weight excluding hydrogens is 327 g/mol. The lowest BCUT2D eigenvalue weighted by Gasteiger charge is -2.11. The fraction of sp³-hybridized carbons (Fsp3) is 0.0769. The Morgan fingerprint density at radius 2 is 2.15 bits per heavy atom. The van der Waals surface area contributed by atoms with Gasteiger partial charge in [-0.3, -0.25) is 4.79 Å². The predicted octanol–water partition coefficient (Wildman–Crippen LogP) is 2.83. The number of halogens is 2. The first-order chi connectivity index (χ1) is 9.51. The lowest BCUT2D eigenvalue weighted by atomic mass is 10.1. The normalized spacial score (nSPS) is 10.2. The molecule has 0 atom stereocenters. The van der Waals surface area contributed by atoms with Gasteiger partial charge in [-0.2, -0.15) is 0 Å². The Hall–Kier alpha value is -1.99. The molecule has 0 bridgehead atoms. The minimum absolute atomic E-state index is 0.236. The third-order valence-electron chi connectivity index (χ3n) is 2.68. The second kappa shape index (κ2) is 5.98. The molecule has 0 fully saturated rings. The summed E-state index contributed by atoms with van der Waals surface area (Å²) < 4.78 is 13.8. The summed E-state index contributed by atoms with van der Waals surface area (Å²) in [6, 6.07) is 5.76. The maximum atomic E-state index is 13.2. The van der Waals surface area contributed by atoms with Gasteiger partial charge in [-0.1, -0.05) is 6.07 Å². The molecule has 1 amide bonds. The van der Waals surface area contributed by atoms with Gasteiger partial charge in [-0.25, -0.2) is 15.2 Å². The summed E-state index contributed by atoms with van der Waals surface area (Å²) >= 11 is 3.23. The van der Waals surface area contributed by atoms with Gasteiger partial charge in [0.15, 0.2) is 5.82 Å². The Bertz CT molecular complexity index is 663. The molecule has 2 rings (SSSR count). The number of aromatic nitrogens is 1. The van der Waals surface area contributed by atoms with Crippen LogP contribution in [0, 0.1) is 12.7 Å². The van der Waals surface area contributed by atoms with Gasteiger partial charge in [-0.15, -0.1) is 0 Å². The van der Waals surface area contributed by atoms with Gasteiger partial charge in [0.1, 0.15) is 5.82 Å². The quantitative estimate of drug-likeness (QED) is 0.593. The van der Waals surface area contributed by atoms with E-state index in [1.807, 2.05) is 0 Å². The lowest BCUT2D eigenvalue weighted by molar-refractivity contribution is 0.102. The van der Waals surface area contributed by atoms with Crippen LogP contribution in [0.2, 0.25) is 0 Å². The van der Waals surface area contributed by atoms with Gasteiger partial charge >= 0.3 is 0 Å². The number of nitrogens with zero attached hydrogens (tertiary/aromatic N) is 1. The van der Waals surface area contributed by atoms with Crippen molar-refractivity contribution in [2.75, 3.05) is 10.7 Å². The maximum absolute atomic E-state index is 13.2. The monoisotopic (exact) mass is 338 g/mol. The zero-order valence-corrected chi connectivity index (χ0v) is 12.2. The summed E-state index contributed by atoms with van der Waals surface area (Å²) in [6.07, 6.45) is 1.51. The van der Waals surface area contributed by atoms with Crippen molar-refractivity contribution in [3.05, 3.63) is 51.9 Å². The van der Waals surface area contributed by atoms with Crippen LogP contribution in [0.4, 0.5) is 15.9 Å². The Balaban J connectivity index is 2.32. The Labute approximate surface area is 123 Å². The molecule has 1 heterocycles. The van der Waals surface area contributed by atoms with Crippen LogP contribution < -0.4 is 16.6 Å². The Morgan fingerprint density at radius 3 is 2.85 bits per heavy atom. The molecule has 0 saturated heterocycles. The number of nitrogen functional groups attached to an aromatic ring is 1. The number of benzene rings is 1. The number of carbonyl (C=O) groups is 1. The molecule has 7 heteroatoms. The largest absolute Gasteiger partial charge is 0.322 e. The highest BCUT2D eigenvalue weighted by atomic mass is 79.9.